The number of benzene rings is 1. The highest BCUT2D eigenvalue weighted by molar-refractivity contribution is 5.22. The van der Waals surface area contributed by atoms with Gasteiger partial charge in [0.2, 0.25) is 0 Å². The highest BCUT2D eigenvalue weighted by Gasteiger charge is 2.31. The van der Waals surface area contributed by atoms with Crippen LogP contribution in [0.1, 0.15) is 39.0 Å². The fraction of sp³-hybridized carbons (Fsp3) is 0.625. The molecule has 1 saturated carbocycles. The topological polar surface area (TPSA) is 41.5 Å². The van der Waals surface area contributed by atoms with Crippen molar-refractivity contribution in [2.75, 3.05) is 13.2 Å². The molecule has 20 heavy (non-hydrogen) atoms. The Kier molecular flexibility index (Phi) is 5.38. The second-order valence-corrected chi connectivity index (χ2v) is 5.90. The van der Waals surface area contributed by atoms with Crippen LogP contribution in [0, 0.1) is 5.82 Å². The number of aliphatic hydroxyl groups excluding tert-OH is 1. The van der Waals surface area contributed by atoms with Gasteiger partial charge in [0.05, 0.1) is 13.2 Å². The van der Waals surface area contributed by atoms with Crippen molar-refractivity contribution in [3.8, 4) is 5.75 Å². The van der Waals surface area contributed by atoms with Crippen LogP contribution in [0.15, 0.2) is 24.3 Å². The minimum Gasteiger partial charge on any atom is -0.493 e. The molecule has 2 N–H and O–H groups in total. The summed E-state index contributed by atoms with van der Waals surface area (Å²) in [5, 5.41) is 13.0. The highest BCUT2D eigenvalue weighted by Crippen LogP contribution is 2.25. The predicted molar refractivity (Wildman–Crippen MR) is 77.4 cm³/mol. The Balaban J connectivity index is 1.62. The molecule has 2 rings (SSSR count). The van der Waals surface area contributed by atoms with Crippen LogP contribution in [-0.4, -0.2) is 29.9 Å². The zero-order chi connectivity index (χ0) is 14.4. The molecule has 1 aromatic carbocycles. The molecule has 112 valence electrons. The third-order valence-electron chi connectivity index (χ3n) is 3.67. The molecular weight excluding hydrogens is 257 g/mol. The smallest absolute Gasteiger partial charge is 0.126 e. The lowest BCUT2D eigenvalue weighted by Gasteiger charge is -2.29. The Labute approximate surface area is 120 Å². The maximum absolute atomic E-state index is 13.0. The molecule has 0 amide bonds. The van der Waals surface area contributed by atoms with Crippen molar-refractivity contribution in [2.24, 2.45) is 0 Å². The highest BCUT2D eigenvalue weighted by atomic mass is 19.1. The van der Waals surface area contributed by atoms with Gasteiger partial charge in [0.1, 0.15) is 11.6 Å². The van der Waals surface area contributed by atoms with E-state index in [1.54, 1.807) is 12.1 Å². The number of halogens is 1. The van der Waals surface area contributed by atoms with E-state index in [1.807, 2.05) is 0 Å². The Morgan fingerprint density at radius 2 is 2.20 bits per heavy atom. The van der Waals surface area contributed by atoms with Crippen LogP contribution in [-0.2, 0) is 0 Å². The number of hydrogen-bond acceptors (Lipinski definition) is 3. The first kappa shape index (κ1) is 15.3. The van der Waals surface area contributed by atoms with E-state index in [2.05, 4.69) is 12.2 Å². The van der Waals surface area contributed by atoms with E-state index in [9.17, 15) is 9.50 Å². The van der Waals surface area contributed by atoms with Gasteiger partial charge in [0.25, 0.3) is 0 Å². The van der Waals surface area contributed by atoms with E-state index in [0.717, 1.165) is 19.3 Å². The zero-order valence-corrected chi connectivity index (χ0v) is 12.1. The number of rotatable bonds is 9. The van der Waals surface area contributed by atoms with Gasteiger partial charge in [-0.25, -0.2) is 4.39 Å². The SMILES string of the molecule is CC(CO)(CCCCOc1cccc(F)c1)NC1CC1. The van der Waals surface area contributed by atoms with Crippen molar-refractivity contribution in [3.05, 3.63) is 30.1 Å². The van der Waals surface area contributed by atoms with Crippen LogP contribution in [0.3, 0.4) is 0 Å². The van der Waals surface area contributed by atoms with Crippen LogP contribution in [0.25, 0.3) is 0 Å². The Morgan fingerprint density at radius 3 is 2.85 bits per heavy atom. The molecule has 0 radical (unpaired) electrons. The van der Waals surface area contributed by atoms with Crippen molar-refractivity contribution in [2.45, 2.75) is 50.6 Å². The van der Waals surface area contributed by atoms with E-state index in [0.29, 0.717) is 18.4 Å². The standard InChI is InChI=1S/C16H24FNO2/c1-16(12-19,18-14-7-8-14)9-2-3-10-20-15-6-4-5-13(17)11-15/h4-6,11,14,18-19H,2-3,7-10,12H2,1H3. The molecule has 1 aliphatic carbocycles. The van der Waals surface area contributed by atoms with Gasteiger partial charge < -0.3 is 15.2 Å². The van der Waals surface area contributed by atoms with Crippen LogP contribution in [0.2, 0.25) is 0 Å². The van der Waals surface area contributed by atoms with E-state index in [1.165, 1.54) is 25.0 Å². The molecular formula is C16H24FNO2. The number of hydrogen-bond donors (Lipinski definition) is 2. The Morgan fingerprint density at radius 1 is 1.40 bits per heavy atom. The van der Waals surface area contributed by atoms with Crippen molar-refractivity contribution >= 4 is 0 Å². The molecule has 1 unspecified atom stereocenters. The number of aliphatic hydroxyl groups is 1. The molecule has 0 saturated heterocycles. The minimum atomic E-state index is -0.274. The molecule has 0 aliphatic heterocycles. The average Bonchev–Trinajstić information content (AvgIpc) is 3.22. The molecule has 1 atom stereocenters. The normalized spacial score (nSPS) is 17.8. The third-order valence-corrected chi connectivity index (χ3v) is 3.67. The van der Waals surface area contributed by atoms with Crippen molar-refractivity contribution in [3.63, 3.8) is 0 Å². The van der Waals surface area contributed by atoms with Gasteiger partial charge in [-0.1, -0.05) is 6.07 Å². The summed E-state index contributed by atoms with van der Waals surface area (Å²) in [5.74, 6) is 0.301. The maximum Gasteiger partial charge on any atom is 0.126 e. The van der Waals surface area contributed by atoms with Crippen molar-refractivity contribution in [1.82, 2.24) is 5.32 Å². The van der Waals surface area contributed by atoms with Gasteiger partial charge in [-0.2, -0.15) is 0 Å². The first-order valence-corrected chi connectivity index (χ1v) is 7.38. The Hall–Kier alpha value is -1.13. The summed E-state index contributed by atoms with van der Waals surface area (Å²) >= 11 is 0. The summed E-state index contributed by atoms with van der Waals surface area (Å²) in [6.07, 6.45) is 5.24. The second kappa shape index (κ2) is 7.04. The average molecular weight is 281 g/mol. The van der Waals surface area contributed by atoms with Gasteiger partial charge in [0.15, 0.2) is 0 Å². The summed E-state index contributed by atoms with van der Waals surface area (Å²) in [6, 6.07) is 6.80. The fourth-order valence-corrected chi connectivity index (χ4v) is 2.28. The lowest BCUT2D eigenvalue weighted by molar-refractivity contribution is 0.158. The maximum atomic E-state index is 13.0. The third kappa shape index (κ3) is 5.10. The predicted octanol–water partition coefficient (Wildman–Crippen LogP) is 2.88. The van der Waals surface area contributed by atoms with Gasteiger partial charge >= 0.3 is 0 Å². The van der Waals surface area contributed by atoms with E-state index in [-0.39, 0.29) is 18.0 Å². The van der Waals surface area contributed by atoms with Gasteiger partial charge in [-0.3, -0.25) is 0 Å². The quantitative estimate of drug-likeness (QED) is 0.684. The monoisotopic (exact) mass is 281 g/mol. The van der Waals surface area contributed by atoms with Crippen LogP contribution in [0.4, 0.5) is 4.39 Å². The molecule has 0 bridgehead atoms. The van der Waals surface area contributed by atoms with Gasteiger partial charge in [-0.05, 0) is 51.2 Å². The second-order valence-electron chi connectivity index (χ2n) is 5.90. The zero-order valence-electron chi connectivity index (χ0n) is 12.1. The minimum absolute atomic E-state index is 0.161. The van der Waals surface area contributed by atoms with Crippen LogP contribution >= 0.6 is 0 Å². The molecule has 0 spiro atoms. The lowest BCUT2D eigenvalue weighted by atomic mass is 9.95. The van der Waals surface area contributed by atoms with E-state index in [4.69, 9.17) is 4.74 Å². The summed E-state index contributed by atoms with van der Waals surface area (Å²) in [7, 11) is 0. The molecule has 1 aliphatic rings. The fourth-order valence-electron chi connectivity index (χ4n) is 2.28. The Bertz CT molecular complexity index is 423. The first-order valence-electron chi connectivity index (χ1n) is 7.38. The number of nitrogens with one attached hydrogen (secondary N) is 1. The van der Waals surface area contributed by atoms with Gasteiger partial charge in [-0.15, -0.1) is 0 Å². The molecule has 0 heterocycles. The lowest BCUT2D eigenvalue weighted by Crippen LogP contribution is -2.46. The molecule has 1 fully saturated rings. The van der Waals surface area contributed by atoms with Gasteiger partial charge in [0, 0.05) is 17.6 Å². The summed E-state index contributed by atoms with van der Waals surface area (Å²) in [4.78, 5) is 0. The van der Waals surface area contributed by atoms with E-state index >= 15 is 0 Å². The summed E-state index contributed by atoms with van der Waals surface area (Å²) in [6.45, 7) is 2.81. The molecule has 3 nitrogen and oxygen atoms in total. The summed E-state index contributed by atoms with van der Waals surface area (Å²) in [5.41, 5.74) is -0.181. The van der Waals surface area contributed by atoms with Crippen molar-refractivity contribution in [1.29, 1.82) is 0 Å². The molecule has 1 aromatic rings. The van der Waals surface area contributed by atoms with E-state index < -0.39 is 0 Å². The summed E-state index contributed by atoms with van der Waals surface area (Å²) < 4.78 is 18.5. The van der Waals surface area contributed by atoms with Crippen LogP contribution < -0.4 is 10.1 Å². The number of unbranched alkanes of at least 4 members (excludes halogenated alkanes) is 1. The number of ether oxygens (including phenoxy) is 1. The van der Waals surface area contributed by atoms with Crippen molar-refractivity contribution < 1.29 is 14.2 Å². The largest absolute Gasteiger partial charge is 0.493 e. The van der Waals surface area contributed by atoms with Crippen LogP contribution in [0.5, 0.6) is 5.75 Å². The molecule has 0 aromatic heterocycles. The molecule has 4 heteroatoms. The first-order chi connectivity index (χ1) is 9.61.